The quantitative estimate of drug-likeness (QED) is 0.646. The summed E-state index contributed by atoms with van der Waals surface area (Å²) in [7, 11) is 1.58. The van der Waals surface area contributed by atoms with Crippen LogP contribution < -0.4 is 16.0 Å². The molecule has 1 aliphatic carbocycles. The minimum atomic E-state index is -4.71. The van der Waals surface area contributed by atoms with E-state index < -0.39 is 12.0 Å². The van der Waals surface area contributed by atoms with Gasteiger partial charge in [-0.15, -0.1) is 13.2 Å². The monoisotopic (exact) mass is 290 g/mol. The number of rotatable bonds is 5. The Morgan fingerprint density at radius 1 is 1.35 bits per heavy atom. The predicted octanol–water partition coefficient (Wildman–Crippen LogP) is 2.66. The van der Waals surface area contributed by atoms with E-state index in [0.29, 0.717) is 5.56 Å². The maximum Gasteiger partial charge on any atom is 0.573 e. The van der Waals surface area contributed by atoms with Crippen molar-refractivity contribution in [3.8, 4) is 5.75 Å². The van der Waals surface area contributed by atoms with Crippen LogP contribution in [0.3, 0.4) is 0 Å². The number of halogens is 3. The van der Waals surface area contributed by atoms with Crippen LogP contribution in [0.25, 0.3) is 0 Å². The molecule has 0 saturated heterocycles. The Kier molecular flexibility index (Phi) is 4.22. The van der Waals surface area contributed by atoms with Gasteiger partial charge in [0.2, 0.25) is 0 Å². The molecule has 0 heterocycles. The predicted molar refractivity (Wildman–Crippen MR) is 66.8 cm³/mol. The minimum absolute atomic E-state index is 0.263. The molecule has 3 N–H and O–H groups in total. The molecule has 1 atom stereocenters. The Morgan fingerprint density at radius 2 is 2.05 bits per heavy atom. The average molecular weight is 290 g/mol. The smallest absolute Gasteiger partial charge is 0.406 e. The molecule has 1 aliphatic rings. The van der Waals surface area contributed by atoms with Crippen LogP contribution >= 0.6 is 0 Å². The van der Waals surface area contributed by atoms with Crippen molar-refractivity contribution in [2.45, 2.75) is 37.3 Å². The highest BCUT2D eigenvalue weighted by atomic mass is 19.4. The van der Waals surface area contributed by atoms with Crippen molar-refractivity contribution in [3.63, 3.8) is 0 Å². The molecule has 0 radical (unpaired) electrons. The van der Waals surface area contributed by atoms with Gasteiger partial charge in [-0.25, -0.2) is 0 Å². The van der Waals surface area contributed by atoms with Gasteiger partial charge in [0, 0.05) is 7.11 Å². The largest absolute Gasteiger partial charge is 0.573 e. The molecule has 4 nitrogen and oxygen atoms in total. The van der Waals surface area contributed by atoms with Gasteiger partial charge in [0.05, 0.1) is 11.6 Å². The third-order valence-corrected chi connectivity index (χ3v) is 3.72. The first kappa shape index (κ1) is 15.1. The normalized spacial score (nSPS) is 19.2. The zero-order chi connectivity index (χ0) is 14.8. The van der Waals surface area contributed by atoms with Crippen LogP contribution in [0.2, 0.25) is 0 Å². The fourth-order valence-corrected chi connectivity index (χ4v) is 2.58. The third kappa shape index (κ3) is 3.05. The Morgan fingerprint density at radius 3 is 2.50 bits per heavy atom. The first-order valence-corrected chi connectivity index (χ1v) is 6.27. The van der Waals surface area contributed by atoms with Gasteiger partial charge in [-0.1, -0.05) is 12.1 Å². The minimum Gasteiger partial charge on any atom is -0.406 e. The number of methoxy groups -OCH3 is 1. The molecule has 0 aromatic heterocycles. The summed E-state index contributed by atoms with van der Waals surface area (Å²) in [6.07, 6.45) is -2.09. The number of ether oxygens (including phenoxy) is 2. The van der Waals surface area contributed by atoms with E-state index in [4.69, 9.17) is 10.6 Å². The van der Waals surface area contributed by atoms with E-state index in [0.717, 1.165) is 19.3 Å². The second-order valence-electron chi connectivity index (χ2n) is 4.84. The lowest BCUT2D eigenvalue weighted by Gasteiger charge is -2.46. The van der Waals surface area contributed by atoms with Crippen LogP contribution in [0.4, 0.5) is 13.2 Å². The summed E-state index contributed by atoms with van der Waals surface area (Å²) < 4.78 is 46.2. The van der Waals surface area contributed by atoms with E-state index in [1.165, 1.54) is 18.2 Å². The van der Waals surface area contributed by atoms with Gasteiger partial charge in [-0.3, -0.25) is 11.3 Å². The van der Waals surface area contributed by atoms with Crippen molar-refractivity contribution in [1.82, 2.24) is 5.43 Å². The molecule has 2 rings (SSSR count). The summed E-state index contributed by atoms with van der Waals surface area (Å²) in [4.78, 5) is 0. The van der Waals surface area contributed by atoms with Gasteiger partial charge in [0.25, 0.3) is 0 Å². The Bertz CT molecular complexity index is 456. The zero-order valence-electron chi connectivity index (χ0n) is 11.0. The molecule has 1 saturated carbocycles. The topological polar surface area (TPSA) is 56.5 Å². The lowest BCUT2D eigenvalue weighted by molar-refractivity contribution is -0.274. The van der Waals surface area contributed by atoms with Crippen LogP contribution in [-0.4, -0.2) is 19.1 Å². The summed E-state index contributed by atoms with van der Waals surface area (Å²) in [5, 5.41) is 0. The number of hydrazine groups is 1. The maximum atomic E-state index is 12.2. The highest BCUT2D eigenvalue weighted by Gasteiger charge is 2.45. The standard InChI is InChI=1S/C13H17F3N2O2/c1-19-12(6-3-7-12)11(18-17)9-4-2-5-10(8-9)20-13(14,15)16/h2,4-5,8,11,18H,3,6-7,17H2,1H3. The van der Waals surface area contributed by atoms with Gasteiger partial charge >= 0.3 is 6.36 Å². The van der Waals surface area contributed by atoms with E-state index in [1.54, 1.807) is 13.2 Å². The van der Waals surface area contributed by atoms with E-state index in [2.05, 4.69) is 10.2 Å². The summed E-state index contributed by atoms with van der Waals surface area (Å²) in [5.41, 5.74) is 2.78. The first-order chi connectivity index (χ1) is 9.40. The lowest BCUT2D eigenvalue weighted by atomic mass is 9.72. The molecule has 0 bridgehead atoms. The van der Waals surface area contributed by atoms with Gasteiger partial charge < -0.3 is 9.47 Å². The number of nitrogens with one attached hydrogen (secondary N) is 1. The van der Waals surface area contributed by atoms with Gasteiger partial charge in [-0.2, -0.15) is 0 Å². The summed E-state index contributed by atoms with van der Waals surface area (Å²) in [5.74, 6) is 5.30. The molecule has 20 heavy (non-hydrogen) atoms. The van der Waals surface area contributed by atoms with Crippen molar-refractivity contribution in [2.24, 2.45) is 5.84 Å². The Balaban J connectivity index is 2.24. The molecule has 1 aromatic rings. The van der Waals surface area contributed by atoms with Crippen molar-refractivity contribution < 1.29 is 22.6 Å². The zero-order valence-corrected chi connectivity index (χ0v) is 11.0. The van der Waals surface area contributed by atoms with Crippen LogP contribution in [0.1, 0.15) is 30.9 Å². The summed E-state index contributed by atoms with van der Waals surface area (Å²) >= 11 is 0. The fourth-order valence-electron chi connectivity index (χ4n) is 2.58. The van der Waals surface area contributed by atoms with Crippen LogP contribution in [-0.2, 0) is 4.74 Å². The highest BCUT2D eigenvalue weighted by Crippen LogP contribution is 2.45. The summed E-state index contributed by atoms with van der Waals surface area (Å²) in [6, 6.07) is 5.41. The Hall–Kier alpha value is -1.31. The molecule has 0 spiro atoms. The molecular weight excluding hydrogens is 273 g/mol. The van der Waals surface area contributed by atoms with Crippen LogP contribution in [0.5, 0.6) is 5.75 Å². The van der Waals surface area contributed by atoms with Crippen LogP contribution in [0, 0.1) is 0 Å². The molecule has 7 heteroatoms. The lowest BCUT2D eigenvalue weighted by Crippen LogP contribution is -2.52. The second-order valence-corrected chi connectivity index (χ2v) is 4.84. The average Bonchev–Trinajstić information content (AvgIpc) is 2.31. The van der Waals surface area contributed by atoms with Crippen LogP contribution in [0.15, 0.2) is 24.3 Å². The molecule has 0 aliphatic heterocycles. The van der Waals surface area contributed by atoms with E-state index in [9.17, 15) is 13.2 Å². The molecular formula is C13H17F3N2O2. The number of nitrogens with two attached hydrogens (primary N) is 1. The van der Waals surface area contributed by atoms with Gasteiger partial charge in [0.1, 0.15) is 5.75 Å². The van der Waals surface area contributed by atoms with E-state index in [-0.39, 0.29) is 11.8 Å². The number of benzene rings is 1. The second kappa shape index (κ2) is 5.59. The SMILES string of the molecule is COC1(C(NN)c2cccc(OC(F)(F)F)c2)CCC1. The number of hydrogen-bond donors (Lipinski definition) is 2. The third-order valence-electron chi connectivity index (χ3n) is 3.72. The highest BCUT2D eigenvalue weighted by molar-refractivity contribution is 5.33. The van der Waals surface area contributed by atoms with Crippen molar-refractivity contribution in [3.05, 3.63) is 29.8 Å². The molecule has 1 unspecified atom stereocenters. The first-order valence-electron chi connectivity index (χ1n) is 6.27. The van der Waals surface area contributed by atoms with Crippen molar-refractivity contribution >= 4 is 0 Å². The fraction of sp³-hybridized carbons (Fsp3) is 0.538. The number of alkyl halides is 3. The van der Waals surface area contributed by atoms with Gasteiger partial charge in [-0.05, 0) is 37.0 Å². The van der Waals surface area contributed by atoms with E-state index in [1.807, 2.05) is 0 Å². The maximum absolute atomic E-state index is 12.2. The van der Waals surface area contributed by atoms with Crippen molar-refractivity contribution in [1.29, 1.82) is 0 Å². The molecule has 1 aromatic carbocycles. The molecule has 0 amide bonds. The molecule has 112 valence electrons. The number of hydrogen-bond acceptors (Lipinski definition) is 4. The Labute approximate surface area is 115 Å². The van der Waals surface area contributed by atoms with Gasteiger partial charge in [0.15, 0.2) is 0 Å². The summed E-state index contributed by atoms with van der Waals surface area (Å²) in [6.45, 7) is 0. The molecule has 1 fully saturated rings. The van der Waals surface area contributed by atoms with Crippen molar-refractivity contribution in [2.75, 3.05) is 7.11 Å². The van der Waals surface area contributed by atoms with E-state index >= 15 is 0 Å².